The Balaban J connectivity index is 0.00000316. The van der Waals surface area contributed by atoms with Gasteiger partial charge in [0.25, 0.3) is 0 Å². The zero-order chi connectivity index (χ0) is 28.0. The predicted molar refractivity (Wildman–Crippen MR) is 160 cm³/mol. The van der Waals surface area contributed by atoms with E-state index in [1.165, 1.54) is 5.56 Å². The van der Waals surface area contributed by atoms with Crippen LogP contribution in [0.15, 0.2) is 104 Å². The van der Waals surface area contributed by atoms with Crippen LogP contribution in [0.4, 0.5) is 0 Å². The Morgan fingerprint density at radius 1 is 0.786 bits per heavy atom. The van der Waals surface area contributed by atoms with E-state index >= 15 is 0 Å². The van der Waals surface area contributed by atoms with Gasteiger partial charge in [-0.25, -0.2) is 9.67 Å². The number of benzene rings is 3. The molecular formula is C34H26N6OPt. The molecule has 0 aliphatic rings. The predicted octanol–water partition coefficient (Wildman–Crippen LogP) is 7.51. The fourth-order valence-electron chi connectivity index (χ4n) is 5.01. The monoisotopic (exact) mass is 729 g/mol. The molecule has 0 radical (unpaired) electrons. The zero-order valence-corrected chi connectivity index (χ0v) is 25.5. The molecule has 0 unspecified atom stereocenters. The summed E-state index contributed by atoms with van der Waals surface area (Å²) in [6, 6.07) is 31.3. The summed E-state index contributed by atoms with van der Waals surface area (Å²) in [6.07, 6.45) is 8.88. The molecule has 0 amide bonds. The van der Waals surface area contributed by atoms with Crippen molar-refractivity contribution < 1.29 is 25.8 Å². The molecule has 208 valence electrons. The van der Waals surface area contributed by atoms with Crippen LogP contribution in [0.1, 0.15) is 26.3 Å². The van der Waals surface area contributed by atoms with E-state index in [-0.39, 0.29) is 26.5 Å². The summed E-state index contributed by atoms with van der Waals surface area (Å²) in [5.74, 6) is 1.95. The van der Waals surface area contributed by atoms with Crippen molar-refractivity contribution in [1.82, 2.24) is 29.5 Å². The second-order valence-corrected chi connectivity index (χ2v) is 10.9. The van der Waals surface area contributed by atoms with Crippen LogP contribution >= 0.6 is 0 Å². The van der Waals surface area contributed by atoms with Crippen LogP contribution in [0.3, 0.4) is 0 Å². The third-order valence-electron chi connectivity index (χ3n) is 7.15. The van der Waals surface area contributed by atoms with Gasteiger partial charge in [0.1, 0.15) is 5.82 Å². The molecule has 0 bridgehead atoms. The average Bonchev–Trinajstić information content (AvgIpc) is 3.64. The Bertz CT molecular complexity index is 1990. The fourth-order valence-corrected chi connectivity index (χ4v) is 5.01. The van der Waals surface area contributed by atoms with Crippen LogP contribution in [-0.2, 0) is 26.5 Å². The molecule has 8 heteroatoms. The molecule has 0 spiro atoms. The van der Waals surface area contributed by atoms with Crippen molar-refractivity contribution in [3.8, 4) is 34.1 Å². The van der Waals surface area contributed by atoms with E-state index in [1.807, 2.05) is 48.7 Å². The van der Waals surface area contributed by atoms with E-state index in [0.717, 1.165) is 44.4 Å². The van der Waals surface area contributed by atoms with E-state index in [2.05, 4.69) is 83.1 Å². The average molecular weight is 730 g/mol. The Morgan fingerprint density at radius 2 is 1.62 bits per heavy atom. The minimum Gasteiger partial charge on any atom is -0.509 e. The largest absolute Gasteiger partial charge is 2.00 e. The van der Waals surface area contributed by atoms with Crippen molar-refractivity contribution in [2.75, 3.05) is 0 Å². The molecule has 3 aromatic carbocycles. The van der Waals surface area contributed by atoms with E-state index in [9.17, 15) is 0 Å². The van der Waals surface area contributed by atoms with Gasteiger partial charge in [-0.2, -0.15) is 12.1 Å². The summed E-state index contributed by atoms with van der Waals surface area (Å²) in [7, 11) is 0. The van der Waals surface area contributed by atoms with Gasteiger partial charge in [-0.3, -0.25) is 4.98 Å². The Kier molecular flexibility index (Phi) is 7.21. The van der Waals surface area contributed by atoms with Gasteiger partial charge >= 0.3 is 21.1 Å². The second-order valence-electron chi connectivity index (χ2n) is 10.9. The minimum atomic E-state index is 0. The van der Waals surface area contributed by atoms with Crippen molar-refractivity contribution in [2.24, 2.45) is 0 Å². The first-order valence-electron chi connectivity index (χ1n) is 13.4. The Morgan fingerprint density at radius 3 is 2.36 bits per heavy atom. The summed E-state index contributed by atoms with van der Waals surface area (Å²) < 4.78 is 10.0. The summed E-state index contributed by atoms with van der Waals surface area (Å²) in [6.45, 7) is 6.69. The molecular weight excluding hydrogens is 703 g/mol. The van der Waals surface area contributed by atoms with Crippen molar-refractivity contribution in [3.05, 3.63) is 121 Å². The number of hydrogen-bond donors (Lipinski definition) is 0. The zero-order valence-electron chi connectivity index (χ0n) is 23.2. The Labute approximate surface area is 258 Å². The summed E-state index contributed by atoms with van der Waals surface area (Å²) in [5, 5.41) is 10.2. The molecule has 4 heterocycles. The molecule has 0 aliphatic heterocycles. The molecule has 4 aromatic heterocycles. The van der Waals surface area contributed by atoms with Gasteiger partial charge in [0.05, 0.1) is 6.20 Å². The third-order valence-corrected chi connectivity index (χ3v) is 7.15. The standard InChI is InChI=1S/C34H26N6O.Pt/c1-34(2,3)25-8-11-31-30(19-25)29-10-9-28(41-27-6-4-5-26(20-27)39-18-17-37-38-39)21-32(29)40(31)33-12-7-24(22-36-33)23-13-15-35-16-14-23;/h4-19,22H,1-3H3;/q-2;+2. The molecule has 0 saturated heterocycles. The van der Waals surface area contributed by atoms with Crippen molar-refractivity contribution >= 4 is 21.8 Å². The van der Waals surface area contributed by atoms with Crippen molar-refractivity contribution in [2.45, 2.75) is 26.2 Å². The van der Waals surface area contributed by atoms with Crippen LogP contribution < -0.4 is 4.74 Å². The maximum Gasteiger partial charge on any atom is 2.00 e. The molecule has 0 saturated carbocycles. The molecule has 0 fully saturated rings. The maximum absolute atomic E-state index is 6.25. The number of nitrogens with zero attached hydrogens (tertiary/aromatic N) is 6. The SMILES string of the molecule is CC(C)(C)c1ccc2c(c1)c1ccc(Oc3[c-]c(-n4ccnn4)ccc3)[c-]c1n2-c1ccc(-c2ccncc2)cn1.[Pt+2]. The van der Waals surface area contributed by atoms with E-state index in [0.29, 0.717) is 11.5 Å². The summed E-state index contributed by atoms with van der Waals surface area (Å²) in [4.78, 5) is 9.01. The van der Waals surface area contributed by atoms with Crippen molar-refractivity contribution in [3.63, 3.8) is 0 Å². The molecule has 0 N–H and O–H groups in total. The molecule has 7 aromatic rings. The second kappa shape index (κ2) is 11.0. The smallest absolute Gasteiger partial charge is 0.509 e. The summed E-state index contributed by atoms with van der Waals surface area (Å²) >= 11 is 0. The normalized spacial score (nSPS) is 11.5. The van der Waals surface area contributed by atoms with Crippen LogP contribution in [-0.4, -0.2) is 29.5 Å². The molecule has 0 atom stereocenters. The number of hydrogen-bond acceptors (Lipinski definition) is 5. The molecule has 7 nitrogen and oxygen atoms in total. The van der Waals surface area contributed by atoms with Gasteiger partial charge in [0.15, 0.2) is 0 Å². The number of ether oxygens (including phenoxy) is 1. The first kappa shape index (κ1) is 27.6. The van der Waals surface area contributed by atoms with Crippen LogP contribution in [0.2, 0.25) is 0 Å². The van der Waals surface area contributed by atoms with E-state index in [1.54, 1.807) is 29.5 Å². The van der Waals surface area contributed by atoms with Crippen LogP contribution in [0.5, 0.6) is 11.5 Å². The minimum absolute atomic E-state index is 0. The molecule has 0 aliphatic carbocycles. The Hall–Kier alpha value is -4.61. The number of rotatable bonds is 5. The van der Waals surface area contributed by atoms with Gasteiger partial charge in [0, 0.05) is 47.4 Å². The molecule has 7 rings (SSSR count). The van der Waals surface area contributed by atoms with Gasteiger partial charge in [-0.15, -0.1) is 40.8 Å². The van der Waals surface area contributed by atoms with E-state index < -0.39 is 0 Å². The van der Waals surface area contributed by atoms with Gasteiger partial charge < -0.3 is 9.30 Å². The maximum atomic E-state index is 6.25. The topological polar surface area (TPSA) is 70.7 Å². The first-order valence-corrected chi connectivity index (χ1v) is 13.4. The number of fused-ring (bicyclic) bond motifs is 3. The fraction of sp³-hybridized carbons (Fsp3) is 0.118. The first-order chi connectivity index (χ1) is 19.9. The number of pyridine rings is 2. The van der Waals surface area contributed by atoms with Crippen molar-refractivity contribution in [1.29, 1.82) is 0 Å². The van der Waals surface area contributed by atoms with Gasteiger partial charge in [0.2, 0.25) is 0 Å². The van der Waals surface area contributed by atoms with Crippen LogP contribution in [0.25, 0.3) is 44.4 Å². The van der Waals surface area contributed by atoms with Gasteiger partial charge in [-0.1, -0.05) is 43.6 Å². The summed E-state index contributed by atoms with van der Waals surface area (Å²) in [5.41, 5.74) is 6.08. The van der Waals surface area contributed by atoms with E-state index in [4.69, 9.17) is 9.72 Å². The van der Waals surface area contributed by atoms with Gasteiger partial charge in [-0.05, 0) is 57.9 Å². The third kappa shape index (κ3) is 5.12. The molecule has 42 heavy (non-hydrogen) atoms. The number of aromatic nitrogens is 6. The van der Waals surface area contributed by atoms with Crippen LogP contribution in [0, 0.1) is 12.1 Å². The quantitative estimate of drug-likeness (QED) is 0.172.